The number of benzene rings is 1. The largest absolute Gasteiger partial charge is 0.297 e. The van der Waals surface area contributed by atoms with Gasteiger partial charge in [0.25, 0.3) is 10.1 Å². The third kappa shape index (κ3) is 4.67. The third-order valence-corrected chi connectivity index (χ3v) is 9.67. The molecule has 1 aliphatic rings. The van der Waals surface area contributed by atoms with Gasteiger partial charge >= 0.3 is 0 Å². The Morgan fingerprint density at radius 2 is 1.91 bits per heavy atom. The van der Waals surface area contributed by atoms with E-state index in [2.05, 4.69) is 6.92 Å². The summed E-state index contributed by atoms with van der Waals surface area (Å²) in [5.41, 5.74) is 1.84. The average Bonchev–Trinajstić information content (AvgIpc) is 2.45. The molecule has 0 spiro atoms. The minimum Gasteiger partial charge on any atom is -0.263 e. The SMILES string of the molecule is CCCC[Si@H]1CC[C@H](OS(=O)(=O)c2ccc(C)cc2C)CC1. The van der Waals surface area contributed by atoms with Crippen molar-refractivity contribution in [2.24, 2.45) is 0 Å². The van der Waals surface area contributed by atoms with E-state index in [1.54, 1.807) is 6.07 Å². The van der Waals surface area contributed by atoms with Gasteiger partial charge in [-0.3, -0.25) is 4.18 Å². The van der Waals surface area contributed by atoms with Crippen LogP contribution in [0.15, 0.2) is 23.1 Å². The van der Waals surface area contributed by atoms with Gasteiger partial charge in [0.05, 0.1) is 11.0 Å². The lowest BCUT2D eigenvalue weighted by molar-refractivity contribution is 0.194. The molecule has 5 heteroatoms. The molecule has 1 saturated heterocycles. The van der Waals surface area contributed by atoms with E-state index in [1.165, 1.54) is 31.0 Å². The first kappa shape index (κ1) is 17.7. The zero-order valence-electron chi connectivity index (χ0n) is 14.0. The van der Waals surface area contributed by atoms with Crippen LogP contribution in [0.3, 0.4) is 0 Å². The first-order valence-corrected chi connectivity index (χ1v) is 12.3. The van der Waals surface area contributed by atoms with Crippen molar-refractivity contribution in [1.82, 2.24) is 0 Å². The van der Waals surface area contributed by atoms with Crippen LogP contribution in [0.25, 0.3) is 0 Å². The number of unbranched alkanes of at least 4 members (excludes halogenated alkanes) is 1. The lowest BCUT2D eigenvalue weighted by Gasteiger charge is -2.27. The Balaban J connectivity index is 1.96. The van der Waals surface area contributed by atoms with Crippen LogP contribution in [-0.2, 0) is 14.3 Å². The minimum atomic E-state index is -3.63. The van der Waals surface area contributed by atoms with Crippen LogP contribution in [0.4, 0.5) is 0 Å². The van der Waals surface area contributed by atoms with E-state index in [0.29, 0.717) is 4.90 Å². The summed E-state index contributed by atoms with van der Waals surface area (Å²) in [6.45, 7) is 6.03. The Hall–Kier alpha value is -0.653. The van der Waals surface area contributed by atoms with Gasteiger partial charge in [-0.2, -0.15) is 8.42 Å². The van der Waals surface area contributed by atoms with Crippen molar-refractivity contribution < 1.29 is 12.6 Å². The molecule has 0 unspecified atom stereocenters. The first-order chi connectivity index (χ1) is 10.4. The van der Waals surface area contributed by atoms with E-state index in [-0.39, 0.29) is 6.10 Å². The smallest absolute Gasteiger partial charge is 0.263 e. The predicted octanol–water partition coefficient (Wildman–Crippen LogP) is 4.20. The fourth-order valence-corrected chi connectivity index (χ4v) is 8.20. The van der Waals surface area contributed by atoms with Crippen molar-refractivity contribution in [2.75, 3.05) is 0 Å². The number of hydrogen-bond acceptors (Lipinski definition) is 3. The van der Waals surface area contributed by atoms with Crippen LogP contribution >= 0.6 is 0 Å². The lowest BCUT2D eigenvalue weighted by atomic mass is 10.2. The van der Waals surface area contributed by atoms with Gasteiger partial charge < -0.3 is 0 Å². The summed E-state index contributed by atoms with van der Waals surface area (Å²) in [6, 6.07) is 9.26. The molecule has 2 rings (SSSR count). The Morgan fingerprint density at radius 3 is 2.50 bits per heavy atom. The van der Waals surface area contributed by atoms with E-state index >= 15 is 0 Å². The molecule has 1 heterocycles. The first-order valence-electron chi connectivity index (χ1n) is 8.43. The van der Waals surface area contributed by atoms with Crippen molar-refractivity contribution in [3.05, 3.63) is 29.3 Å². The van der Waals surface area contributed by atoms with Crippen molar-refractivity contribution in [1.29, 1.82) is 0 Å². The monoisotopic (exact) mass is 340 g/mol. The highest BCUT2D eigenvalue weighted by Crippen LogP contribution is 2.29. The van der Waals surface area contributed by atoms with Crippen LogP contribution in [-0.4, -0.2) is 23.3 Å². The quantitative estimate of drug-likeness (QED) is 0.576. The maximum absolute atomic E-state index is 12.5. The van der Waals surface area contributed by atoms with Gasteiger partial charge in [-0.05, 0) is 38.3 Å². The second-order valence-electron chi connectivity index (χ2n) is 6.60. The Labute approximate surface area is 136 Å². The highest BCUT2D eigenvalue weighted by atomic mass is 32.2. The maximum atomic E-state index is 12.5. The average molecular weight is 341 g/mol. The molecule has 1 fully saturated rings. The predicted molar refractivity (Wildman–Crippen MR) is 93.7 cm³/mol. The van der Waals surface area contributed by atoms with Crippen LogP contribution in [0.5, 0.6) is 0 Å². The lowest BCUT2D eigenvalue weighted by Crippen LogP contribution is -2.28. The summed E-state index contributed by atoms with van der Waals surface area (Å²) in [6.07, 6.45) is 4.33. The van der Waals surface area contributed by atoms with Gasteiger partial charge in [0.15, 0.2) is 0 Å². The topological polar surface area (TPSA) is 43.4 Å². The standard InChI is InChI=1S/C17H28O3SSi/c1-4-5-10-22-11-8-16(9-12-22)20-21(18,19)17-7-6-14(2)13-15(17)3/h6-7,13,16,22H,4-5,8-12H2,1-3H3/t16-,22-. The van der Waals surface area contributed by atoms with Gasteiger partial charge in [0.2, 0.25) is 0 Å². The van der Waals surface area contributed by atoms with Gasteiger partial charge in [0.1, 0.15) is 0 Å². The molecule has 0 saturated carbocycles. The molecule has 3 nitrogen and oxygen atoms in total. The molecule has 124 valence electrons. The Kier molecular flexibility index (Phi) is 6.23. The Morgan fingerprint density at radius 1 is 1.23 bits per heavy atom. The minimum absolute atomic E-state index is 0.115. The van der Waals surface area contributed by atoms with Crippen LogP contribution < -0.4 is 0 Å². The normalized spacial score (nSPS) is 22.7. The van der Waals surface area contributed by atoms with E-state index in [1.807, 2.05) is 26.0 Å². The van der Waals surface area contributed by atoms with E-state index in [4.69, 9.17) is 4.18 Å². The molecule has 0 bridgehead atoms. The number of hydrogen-bond donors (Lipinski definition) is 0. The highest BCUT2D eigenvalue weighted by molar-refractivity contribution is 7.86. The van der Waals surface area contributed by atoms with E-state index in [0.717, 1.165) is 24.0 Å². The molecule has 0 atom stereocenters. The molecular weight excluding hydrogens is 312 g/mol. The number of aryl methyl sites for hydroxylation is 2. The van der Waals surface area contributed by atoms with Crippen LogP contribution in [0, 0.1) is 13.8 Å². The molecular formula is C17H28O3SSi. The summed E-state index contributed by atoms with van der Waals surface area (Å²) in [4.78, 5) is 0.323. The zero-order valence-corrected chi connectivity index (χ0v) is 15.9. The maximum Gasteiger partial charge on any atom is 0.297 e. The summed E-state index contributed by atoms with van der Waals surface area (Å²) < 4.78 is 30.5. The van der Waals surface area contributed by atoms with Crippen molar-refractivity contribution in [3.63, 3.8) is 0 Å². The van der Waals surface area contributed by atoms with Gasteiger partial charge in [-0.1, -0.05) is 55.6 Å². The van der Waals surface area contributed by atoms with Gasteiger partial charge in [0, 0.05) is 8.80 Å². The second-order valence-corrected chi connectivity index (χ2v) is 11.6. The molecule has 0 aliphatic carbocycles. The molecule has 1 aromatic rings. The fraction of sp³-hybridized carbons (Fsp3) is 0.647. The summed E-state index contributed by atoms with van der Waals surface area (Å²) in [7, 11) is -4.24. The van der Waals surface area contributed by atoms with Crippen molar-refractivity contribution in [3.8, 4) is 0 Å². The molecule has 0 radical (unpaired) electrons. The van der Waals surface area contributed by atoms with E-state index in [9.17, 15) is 8.42 Å². The zero-order chi connectivity index (χ0) is 16.2. The molecule has 1 aliphatic heterocycles. The summed E-state index contributed by atoms with van der Waals surface area (Å²) in [5.74, 6) is 0. The van der Waals surface area contributed by atoms with Gasteiger partial charge in [-0.15, -0.1) is 0 Å². The van der Waals surface area contributed by atoms with Crippen molar-refractivity contribution >= 4 is 18.9 Å². The second kappa shape index (κ2) is 7.75. The Bertz CT molecular complexity index is 590. The molecule has 1 aromatic carbocycles. The highest BCUT2D eigenvalue weighted by Gasteiger charge is 2.28. The van der Waals surface area contributed by atoms with Crippen LogP contribution in [0.1, 0.15) is 43.7 Å². The molecule has 0 aromatic heterocycles. The molecule has 0 N–H and O–H groups in total. The molecule has 0 amide bonds. The summed E-state index contributed by atoms with van der Waals surface area (Å²) >= 11 is 0. The number of rotatable bonds is 6. The van der Waals surface area contributed by atoms with Crippen LogP contribution in [0.2, 0.25) is 18.1 Å². The summed E-state index contributed by atoms with van der Waals surface area (Å²) in [5, 5.41) is 0. The fourth-order valence-electron chi connectivity index (χ4n) is 3.32. The molecule has 22 heavy (non-hydrogen) atoms. The third-order valence-electron chi connectivity index (χ3n) is 4.62. The van der Waals surface area contributed by atoms with Gasteiger partial charge in [-0.25, -0.2) is 0 Å². The van der Waals surface area contributed by atoms with Crippen molar-refractivity contribution in [2.45, 2.75) is 75.6 Å². The van der Waals surface area contributed by atoms with E-state index < -0.39 is 18.9 Å².